The van der Waals surface area contributed by atoms with Crippen LogP contribution < -0.4 is 14.4 Å². The summed E-state index contributed by atoms with van der Waals surface area (Å²) in [6, 6.07) is 12.2. The first-order chi connectivity index (χ1) is 19.7. The highest BCUT2D eigenvalue weighted by molar-refractivity contribution is 5.89. The normalized spacial score (nSPS) is 33.0. The Morgan fingerprint density at radius 2 is 1.76 bits per heavy atom. The molecule has 1 spiro atoms. The molecular weight excluding hydrogens is 524 g/mol. The molecule has 0 radical (unpaired) electrons. The maximum Gasteiger partial charge on any atom is 0.338 e. The Balaban J connectivity index is 1.51. The number of aliphatic hydroxyl groups is 1. The molecule has 2 aromatic carbocycles. The molecule has 2 unspecified atom stereocenters. The lowest BCUT2D eigenvalue weighted by atomic mass is 9.48. The summed E-state index contributed by atoms with van der Waals surface area (Å²) in [5, 5.41) is 13.0. The van der Waals surface area contributed by atoms with Crippen LogP contribution in [0.25, 0.3) is 0 Å². The van der Waals surface area contributed by atoms with E-state index >= 15 is 0 Å². The zero-order valence-corrected chi connectivity index (χ0v) is 24.3. The van der Waals surface area contributed by atoms with Gasteiger partial charge in [-0.3, -0.25) is 9.69 Å². The van der Waals surface area contributed by atoms with Gasteiger partial charge in [-0.05, 0) is 55.3 Å². The minimum Gasteiger partial charge on any atom is -0.497 e. The summed E-state index contributed by atoms with van der Waals surface area (Å²) in [5.74, 6) is 0.280. The van der Waals surface area contributed by atoms with Crippen LogP contribution in [0, 0.1) is 5.41 Å². The number of ether oxygens (including phenoxy) is 4. The van der Waals surface area contributed by atoms with Crippen molar-refractivity contribution in [2.45, 2.75) is 55.9 Å². The number of fused-ring (bicyclic) bond motifs is 1. The molecule has 6 atom stereocenters. The molecular formula is C32H38N2O7. The predicted molar refractivity (Wildman–Crippen MR) is 152 cm³/mol. The van der Waals surface area contributed by atoms with E-state index in [4.69, 9.17) is 18.9 Å². The number of methoxy groups -OCH3 is 2. The number of hydrogen-bond acceptors (Lipinski definition) is 9. The van der Waals surface area contributed by atoms with E-state index in [2.05, 4.69) is 34.9 Å². The summed E-state index contributed by atoms with van der Waals surface area (Å²) in [5.41, 5.74) is -0.523. The molecule has 3 heterocycles. The summed E-state index contributed by atoms with van der Waals surface area (Å²) in [6.45, 7) is 4.72. The Bertz CT molecular complexity index is 1390. The predicted octanol–water partition coefficient (Wildman–Crippen LogP) is 3.33. The van der Waals surface area contributed by atoms with Crippen molar-refractivity contribution in [2.75, 3.05) is 45.9 Å². The van der Waals surface area contributed by atoms with E-state index in [9.17, 15) is 14.7 Å². The Hall–Kier alpha value is -3.56. The number of anilines is 1. The van der Waals surface area contributed by atoms with Crippen LogP contribution in [0.15, 0.2) is 54.6 Å². The summed E-state index contributed by atoms with van der Waals surface area (Å²) >= 11 is 0. The molecule has 6 rings (SSSR count). The largest absolute Gasteiger partial charge is 0.497 e. The molecule has 1 saturated carbocycles. The van der Waals surface area contributed by atoms with Gasteiger partial charge in [-0.1, -0.05) is 25.1 Å². The number of nitrogens with zero attached hydrogens (tertiary/aromatic N) is 2. The van der Waals surface area contributed by atoms with Gasteiger partial charge < -0.3 is 29.0 Å². The highest BCUT2D eigenvalue weighted by atomic mass is 16.6. The highest BCUT2D eigenvalue weighted by Gasteiger charge is 2.78. The lowest BCUT2D eigenvalue weighted by molar-refractivity contribution is -0.228. The van der Waals surface area contributed by atoms with Gasteiger partial charge in [0.05, 0.1) is 25.8 Å². The number of likely N-dealkylation sites (N-methyl/N-ethyl adjacent to an activating group) is 1. The molecule has 3 aliphatic heterocycles. The first-order valence-electron chi connectivity index (χ1n) is 14.2. The van der Waals surface area contributed by atoms with E-state index < -0.39 is 40.5 Å². The number of esters is 2. The average molecular weight is 563 g/mol. The van der Waals surface area contributed by atoms with Crippen LogP contribution in [0.4, 0.5) is 5.69 Å². The molecule has 2 aromatic rings. The van der Waals surface area contributed by atoms with Gasteiger partial charge in [-0.2, -0.15) is 0 Å². The average Bonchev–Trinajstić information content (AvgIpc) is 3.50. The first-order valence-corrected chi connectivity index (χ1v) is 14.2. The van der Waals surface area contributed by atoms with Crippen molar-refractivity contribution >= 4 is 17.6 Å². The molecule has 218 valence electrons. The van der Waals surface area contributed by atoms with Crippen molar-refractivity contribution in [2.24, 2.45) is 5.41 Å². The summed E-state index contributed by atoms with van der Waals surface area (Å²) < 4.78 is 22.8. The SMILES string of the molecule is CC[C@]12C=CCN3CC[C@@]4(c5ccc(OC)cc5N(C)[C@H]4C(O)(COC(=O)c4ccc(OC)cc4)[C@@H]1OC(C)=O)C32. The van der Waals surface area contributed by atoms with Gasteiger partial charge in [0.25, 0.3) is 0 Å². The van der Waals surface area contributed by atoms with Gasteiger partial charge in [0.2, 0.25) is 0 Å². The van der Waals surface area contributed by atoms with Crippen molar-refractivity contribution in [1.82, 2.24) is 4.90 Å². The van der Waals surface area contributed by atoms with Gasteiger partial charge in [0.15, 0.2) is 5.60 Å². The molecule has 1 saturated heterocycles. The lowest BCUT2D eigenvalue weighted by Gasteiger charge is -2.64. The number of carbonyl (C=O) groups excluding carboxylic acids is 2. The van der Waals surface area contributed by atoms with Crippen LogP contribution in [-0.2, 0) is 19.7 Å². The molecule has 0 amide bonds. The molecule has 1 N–H and O–H groups in total. The molecule has 1 aliphatic carbocycles. The topological polar surface area (TPSA) is 97.8 Å². The van der Waals surface area contributed by atoms with Crippen LogP contribution >= 0.6 is 0 Å². The second-order valence-electron chi connectivity index (χ2n) is 11.7. The number of hydrogen-bond donors (Lipinski definition) is 1. The van der Waals surface area contributed by atoms with E-state index in [1.54, 1.807) is 38.5 Å². The van der Waals surface area contributed by atoms with Gasteiger partial charge in [0.1, 0.15) is 24.2 Å². The molecule has 2 fully saturated rings. The maximum absolute atomic E-state index is 13.3. The molecule has 9 heteroatoms. The van der Waals surface area contributed by atoms with Crippen molar-refractivity contribution in [3.63, 3.8) is 0 Å². The second kappa shape index (κ2) is 9.77. The summed E-state index contributed by atoms with van der Waals surface area (Å²) in [7, 11) is 5.15. The van der Waals surface area contributed by atoms with Crippen LogP contribution in [0.3, 0.4) is 0 Å². The molecule has 9 nitrogen and oxygen atoms in total. The fourth-order valence-corrected chi connectivity index (χ4v) is 8.60. The van der Waals surface area contributed by atoms with Crippen LogP contribution in [0.2, 0.25) is 0 Å². The van der Waals surface area contributed by atoms with E-state index in [0.717, 1.165) is 36.5 Å². The minimum absolute atomic E-state index is 0.0333. The molecule has 0 aromatic heterocycles. The Morgan fingerprint density at radius 1 is 1.05 bits per heavy atom. The fourth-order valence-electron chi connectivity index (χ4n) is 8.60. The smallest absolute Gasteiger partial charge is 0.338 e. The monoisotopic (exact) mass is 562 g/mol. The van der Waals surface area contributed by atoms with E-state index in [0.29, 0.717) is 17.7 Å². The van der Waals surface area contributed by atoms with E-state index in [1.807, 2.05) is 19.2 Å². The van der Waals surface area contributed by atoms with Crippen molar-refractivity contribution in [3.8, 4) is 11.5 Å². The summed E-state index contributed by atoms with van der Waals surface area (Å²) in [6.07, 6.45) is 4.73. The Kier molecular flexibility index (Phi) is 6.58. The second-order valence-corrected chi connectivity index (χ2v) is 11.7. The summed E-state index contributed by atoms with van der Waals surface area (Å²) in [4.78, 5) is 30.5. The number of benzene rings is 2. The number of carbonyl (C=O) groups is 2. The Morgan fingerprint density at radius 3 is 2.41 bits per heavy atom. The standard InChI is InChI=1S/C32H38N2O7/c1-6-30-14-7-16-34-17-15-31(27(30)34)24-13-12-23(39-5)18-25(24)33(3)28(31)32(37,29(30)41-20(2)35)19-40-26(36)21-8-10-22(38-4)11-9-21/h7-14,18,27-29,37H,6,15-17,19H2,1-5H3/t27?,28-,29-,30-,31-,32?/m1/s1. The van der Waals surface area contributed by atoms with Crippen molar-refractivity contribution in [3.05, 3.63) is 65.7 Å². The highest BCUT2D eigenvalue weighted by Crippen LogP contribution is 2.67. The third-order valence-corrected chi connectivity index (χ3v) is 9.98. The van der Waals surface area contributed by atoms with Gasteiger partial charge >= 0.3 is 11.9 Å². The molecule has 41 heavy (non-hydrogen) atoms. The molecule has 4 aliphatic rings. The first kappa shape index (κ1) is 27.6. The number of rotatable bonds is 7. The fraction of sp³-hybridized carbons (Fsp3) is 0.500. The van der Waals surface area contributed by atoms with Gasteiger partial charge in [-0.15, -0.1) is 0 Å². The van der Waals surface area contributed by atoms with Gasteiger partial charge in [0, 0.05) is 49.1 Å². The Labute approximate surface area is 240 Å². The van der Waals surface area contributed by atoms with Crippen LogP contribution in [-0.4, -0.2) is 86.7 Å². The van der Waals surface area contributed by atoms with E-state index in [1.165, 1.54) is 6.92 Å². The van der Waals surface area contributed by atoms with Crippen molar-refractivity contribution < 1.29 is 33.6 Å². The third-order valence-electron chi connectivity index (χ3n) is 9.98. The third kappa shape index (κ3) is 3.74. The minimum atomic E-state index is -1.74. The van der Waals surface area contributed by atoms with Gasteiger partial charge in [-0.25, -0.2) is 4.79 Å². The van der Waals surface area contributed by atoms with Crippen LogP contribution in [0.5, 0.6) is 11.5 Å². The maximum atomic E-state index is 13.3. The quantitative estimate of drug-likeness (QED) is 0.403. The van der Waals surface area contributed by atoms with Crippen LogP contribution in [0.1, 0.15) is 42.6 Å². The van der Waals surface area contributed by atoms with E-state index in [-0.39, 0.29) is 12.6 Å². The van der Waals surface area contributed by atoms with Crippen molar-refractivity contribution in [1.29, 1.82) is 0 Å². The lowest BCUT2D eigenvalue weighted by Crippen LogP contribution is -2.80. The zero-order valence-electron chi connectivity index (χ0n) is 24.3. The molecule has 0 bridgehead atoms. The zero-order chi connectivity index (χ0) is 29.2.